The van der Waals surface area contributed by atoms with E-state index in [4.69, 9.17) is 10.5 Å². The maximum atomic E-state index is 5.90. The first-order valence-electron chi connectivity index (χ1n) is 5.94. The van der Waals surface area contributed by atoms with Crippen LogP contribution in [0.1, 0.15) is 24.9 Å². The molecule has 0 radical (unpaired) electrons. The molecular formula is C13H19BrN2O. The van der Waals surface area contributed by atoms with Crippen LogP contribution < -0.4 is 10.6 Å². The molecule has 1 heterocycles. The lowest BCUT2D eigenvalue weighted by Gasteiger charge is -2.20. The highest BCUT2D eigenvalue weighted by atomic mass is 79.9. The molecule has 17 heavy (non-hydrogen) atoms. The standard InChI is InChI=1S/C13H19BrN2O/c1-9(15)12-4-3-10(7-13(12)14)16-6-5-11(8-16)17-2/h3-4,7,9,11H,5-6,8,15H2,1-2H3. The Morgan fingerprint density at radius 1 is 1.53 bits per heavy atom. The molecular weight excluding hydrogens is 280 g/mol. The van der Waals surface area contributed by atoms with E-state index in [2.05, 4.69) is 39.0 Å². The summed E-state index contributed by atoms with van der Waals surface area (Å²) in [7, 11) is 1.78. The number of hydrogen-bond donors (Lipinski definition) is 1. The van der Waals surface area contributed by atoms with Crippen molar-refractivity contribution in [1.82, 2.24) is 0 Å². The Morgan fingerprint density at radius 2 is 2.29 bits per heavy atom. The molecule has 0 spiro atoms. The lowest BCUT2D eigenvalue weighted by molar-refractivity contribution is 0.121. The van der Waals surface area contributed by atoms with Gasteiger partial charge in [0, 0.05) is 36.4 Å². The van der Waals surface area contributed by atoms with Crippen molar-refractivity contribution >= 4 is 21.6 Å². The van der Waals surface area contributed by atoms with Gasteiger partial charge in [0.1, 0.15) is 0 Å². The van der Waals surface area contributed by atoms with E-state index < -0.39 is 0 Å². The number of hydrogen-bond acceptors (Lipinski definition) is 3. The molecule has 1 aliphatic rings. The zero-order chi connectivity index (χ0) is 12.4. The third-order valence-corrected chi connectivity index (χ3v) is 4.00. The summed E-state index contributed by atoms with van der Waals surface area (Å²) in [6, 6.07) is 6.45. The first-order chi connectivity index (χ1) is 8.11. The van der Waals surface area contributed by atoms with Crippen molar-refractivity contribution in [3.63, 3.8) is 0 Å². The summed E-state index contributed by atoms with van der Waals surface area (Å²) < 4.78 is 6.47. The Kier molecular flexibility index (Phi) is 4.07. The maximum Gasteiger partial charge on any atom is 0.0762 e. The van der Waals surface area contributed by atoms with Crippen molar-refractivity contribution < 1.29 is 4.74 Å². The monoisotopic (exact) mass is 298 g/mol. The topological polar surface area (TPSA) is 38.5 Å². The molecule has 4 heteroatoms. The number of nitrogens with zero attached hydrogens (tertiary/aromatic N) is 1. The van der Waals surface area contributed by atoms with Gasteiger partial charge in [-0.3, -0.25) is 0 Å². The van der Waals surface area contributed by atoms with Crippen LogP contribution in [0.5, 0.6) is 0 Å². The van der Waals surface area contributed by atoms with Crippen LogP contribution in [-0.4, -0.2) is 26.3 Å². The number of benzene rings is 1. The summed E-state index contributed by atoms with van der Waals surface area (Å²) in [5.41, 5.74) is 8.28. The van der Waals surface area contributed by atoms with Gasteiger partial charge in [-0.25, -0.2) is 0 Å². The second kappa shape index (κ2) is 5.38. The Morgan fingerprint density at radius 3 is 2.82 bits per heavy atom. The fraction of sp³-hybridized carbons (Fsp3) is 0.538. The number of halogens is 1. The molecule has 1 fully saturated rings. The van der Waals surface area contributed by atoms with Gasteiger partial charge in [0.2, 0.25) is 0 Å². The number of methoxy groups -OCH3 is 1. The zero-order valence-corrected chi connectivity index (χ0v) is 11.9. The minimum absolute atomic E-state index is 0.0590. The Labute approximate surface area is 111 Å². The summed E-state index contributed by atoms with van der Waals surface area (Å²) in [5, 5.41) is 0. The van der Waals surface area contributed by atoms with Gasteiger partial charge in [-0.2, -0.15) is 0 Å². The van der Waals surface area contributed by atoms with Gasteiger partial charge in [0.15, 0.2) is 0 Å². The molecule has 1 saturated heterocycles. The van der Waals surface area contributed by atoms with Gasteiger partial charge in [-0.1, -0.05) is 22.0 Å². The van der Waals surface area contributed by atoms with E-state index in [-0.39, 0.29) is 6.04 Å². The van der Waals surface area contributed by atoms with Crippen molar-refractivity contribution in [3.8, 4) is 0 Å². The predicted molar refractivity (Wildman–Crippen MR) is 74.4 cm³/mol. The molecule has 0 amide bonds. The number of rotatable bonds is 3. The average Bonchev–Trinajstić information content (AvgIpc) is 2.76. The highest BCUT2D eigenvalue weighted by Crippen LogP contribution is 2.29. The van der Waals surface area contributed by atoms with E-state index in [1.54, 1.807) is 7.11 Å². The normalized spacial score (nSPS) is 21.9. The second-order valence-electron chi connectivity index (χ2n) is 4.59. The smallest absolute Gasteiger partial charge is 0.0762 e. The van der Waals surface area contributed by atoms with Gasteiger partial charge in [0.05, 0.1) is 6.10 Å². The van der Waals surface area contributed by atoms with Gasteiger partial charge < -0.3 is 15.4 Å². The zero-order valence-electron chi connectivity index (χ0n) is 10.3. The molecule has 1 aromatic carbocycles. The molecule has 0 saturated carbocycles. The predicted octanol–water partition coefficient (Wildman–Crippen LogP) is 2.69. The van der Waals surface area contributed by atoms with Crippen LogP contribution in [0.2, 0.25) is 0 Å². The van der Waals surface area contributed by atoms with E-state index in [9.17, 15) is 0 Å². The van der Waals surface area contributed by atoms with Crippen LogP contribution in [0, 0.1) is 0 Å². The van der Waals surface area contributed by atoms with E-state index in [1.165, 1.54) is 5.69 Å². The number of nitrogens with two attached hydrogens (primary N) is 1. The summed E-state index contributed by atoms with van der Waals surface area (Å²) in [6.45, 7) is 4.03. The lowest BCUT2D eigenvalue weighted by atomic mass is 10.1. The summed E-state index contributed by atoms with van der Waals surface area (Å²) in [6.07, 6.45) is 1.46. The van der Waals surface area contributed by atoms with Crippen LogP contribution in [0.15, 0.2) is 22.7 Å². The second-order valence-corrected chi connectivity index (χ2v) is 5.44. The summed E-state index contributed by atoms with van der Waals surface area (Å²) in [5.74, 6) is 0. The van der Waals surface area contributed by atoms with Crippen LogP contribution in [0.25, 0.3) is 0 Å². The molecule has 0 bridgehead atoms. The molecule has 1 aliphatic heterocycles. The Balaban J connectivity index is 2.15. The number of anilines is 1. The fourth-order valence-electron chi connectivity index (χ4n) is 2.24. The van der Waals surface area contributed by atoms with Crippen LogP contribution in [0.4, 0.5) is 5.69 Å². The van der Waals surface area contributed by atoms with E-state index in [1.807, 2.05) is 6.92 Å². The quantitative estimate of drug-likeness (QED) is 0.932. The van der Waals surface area contributed by atoms with Crippen molar-refractivity contribution in [2.75, 3.05) is 25.1 Å². The SMILES string of the molecule is COC1CCN(c2ccc(C(C)N)c(Br)c2)C1. The third-order valence-electron chi connectivity index (χ3n) is 3.32. The molecule has 94 valence electrons. The third kappa shape index (κ3) is 2.81. The van der Waals surface area contributed by atoms with Gasteiger partial charge in [-0.15, -0.1) is 0 Å². The number of ether oxygens (including phenoxy) is 1. The Bertz CT molecular complexity index is 395. The van der Waals surface area contributed by atoms with Gasteiger partial charge >= 0.3 is 0 Å². The highest BCUT2D eigenvalue weighted by molar-refractivity contribution is 9.10. The minimum Gasteiger partial charge on any atom is -0.380 e. The highest BCUT2D eigenvalue weighted by Gasteiger charge is 2.22. The van der Waals surface area contributed by atoms with Gasteiger partial charge in [0.25, 0.3) is 0 Å². The van der Waals surface area contributed by atoms with Crippen molar-refractivity contribution in [3.05, 3.63) is 28.2 Å². The summed E-state index contributed by atoms with van der Waals surface area (Å²) in [4.78, 5) is 2.35. The van der Waals surface area contributed by atoms with E-state index >= 15 is 0 Å². The Hall–Kier alpha value is -0.580. The molecule has 2 rings (SSSR count). The van der Waals surface area contributed by atoms with Crippen LogP contribution >= 0.6 is 15.9 Å². The first-order valence-corrected chi connectivity index (χ1v) is 6.74. The minimum atomic E-state index is 0.0590. The molecule has 0 aliphatic carbocycles. The van der Waals surface area contributed by atoms with E-state index in [0.717, 1.165) is 29.5 Å². The average molecular weight is 299 g/mol. The maximum absolute atomic E-state index is 5.90. The lowest BCUT2D eigenvalue weighted by Crippen LogP contribution is -2.22. The van der Waals surface area contributed by atoms with Crippen molar-refractivity contribution in [1.29, 1.82) is 0 Å². The van der Waals surface area contributed by atoms with Crippen LogP contribution in [-0.2, 0) is 4.74 Å². The molecule has 1 aromatic rings. The molecule has 2 N–H and O–H groups in total. The van der Waals surface area contributed by atoms with Crippen LogP contribution in [0.3, 0.4) is 0 Å². The van der Waals surface area contributed by atoms with Crippen molar-refractivity contribution in [2.45, 2.75) is 25.5 Å². The van der Waals surface area contributed by atoms with Crippen molar-refractivity contribution in [2.24, 2.45) is 5.73 Å². The summed E-state index contributed by atoms with van der Waals surface area (Å²) >= 11 is 3.59. The first kappa shape index (κ1) is 12.9. The van der Waals surface area contributed by atoms with E-state index in [0.29, 0.717) is 6.10 Å². The molecule has 2 atom stereocenters. The molecule has 3 nitrogen and oxygen atoms in total. The molecule has 2 unspecified atom stereocenters. The largest absolute Gasteiger partial charge is 0.380 e. The molecule has 0 aromatic heterocycles. The van der Waals surface area contributed by atoms with Gasteiger partial charge in [-0.05, 0) is 31.0 Å². The fourth-order valence-corrected chi connectivity index (χ4v) is 2.96.